The van der Waals surface area contributed by atoms with Crippen molar-refractivity contribution in [2.45, 2.75) is 70.5 Å². The van der Waals surface area contributed by atoms with Gasteiger partial charge in [-0.2, -0.15) is 0 Å². The highest BCUT2D eigenvalue weighted by Gasteiger charge is 2.36. The molecule has 2 heterocycles. The van der Waals surface area contributed by atoms with Crippen molar-refractivity contribution in [2.75, 3.05) is 25.0 Å². The monoisotopic (exact) mass is 567 g/mol. The van der Waals surface area contributed by atoms with Crippen LogP contribution in [0.2, 0.25) is 5.02 Å². The number of aryl methyl sites for hydroxylation is 1. The quantitative estimate of drug-likeness (QED) is 0.429. The zero-order valence-electron chi connectivity index (χ0n) is 23.0. The molecule has 40 heavy (non-hydrogen) atoms. The summed E-state index contributed by atoms with van der Waals surface area (Å²) in [5.41, 5.74) is 9.10. The second-order valence-electron chi connectivity index (χ2n) is 10.5. The summed E-state index contributed by atoms with van der Waals surface area (Å²) < 4.78 is 0. The molecule has 2 aliphatic heterocycles. The van der Waals surface area contributed by atoms with Crippen molar-refractivity contribution >= 4 is 40.9 Å². The molecule has 1 fully saturated rings. The molecule has 2 aliphatic rings. The largest absolute Gasteiger partial charge is 0.343 e. The van der Waals surface area contributed by atoms with Gasteiger partial charge in [-0.3, -0.25) is 19.2 Å². The summed E-state index contributed by atoms with van der Waals surface area (Å²) >= 11 is 6.10. The van der Waals surface area contributed by atoms with Gasteiger partial charge in [0.15, 0.2) is 0 Å². The molecule has 4 N–H and O–H groups in total. The molecule has 10 heteroatoms. The first-order chi connectivity index (χ1) is 19.3. The van der Waals surface area contributed by atoms with Gasteiger partial charge in [0.1, 0.15) is 12.1 Å². The van der Waals surface area contributed by atoms with E-state index in [4.69, 9.17) is 17.3 Å². The fourth-order valence-electron chi connectivity index (χ4n) is 5.33. The number of likely N-dealkylation sites (tertiary alicyclic amines) is 1. The summed E-state index contributed by atoms with van der Waals surface area (Å²) in [5.74, 6) is -1.10. The fraction of sp³-hybridized carbons (Fsp3) is 0.467. The molecule has 0 radical (unpaired) electrons. The number of piperidine rings is 1. The number of hydrogen-bond acceptors (Lipinski definition) is 5. The Bertz CT molecular complexity index is 1250. The molecule has 0 spiro atoms. The lowest BCUT2D eigenvalue weighted by atomic mass is 9.92. The van der Waals surface area contributed by atoms with E-state index in [0.29, 0.717) is 17.1 Å². The van der Waals surface area contributed by atoms with Crippen molar-refractivity contribution < 1.29 is 19.2 Å². The van der Waals surface area contributed by atoms with Gasteiger partial charge in [-0.25, -0.2) is 0 Å². The lowest BCUT2D eigenvalue weighted by Crippen LogP contribution is -2.56. The van der Waals surface area contributed by atoms with Crippen molar-refractivity contribution in [2.24, 2.45) is 5.73 Å². The first-order valence-electron chi connectivity index (χ1n) is 14.0. The molecule has 9 nitrogen and oxygen atoms in total. The molecule has 214 valence electrons. The van der Waals surface area contributed by atoms with Gasteiger partial charge < -0.3 is 26.2 Å². The highest BCUT2D eigenvalue weighted by molar-refractivity contribution is 6.31. The van der Waals surface area contributed by atoms with Crippen molar-refractivity contribution in [1.29, 1.82) is 0 Å². The van der Waals surface area contributed by atoms with Gasteiger partial charge in [0.05, 0.1) is 0 Å². The molecule has 0 bridgehead atoms. The number of hydrogen-bond donors (Lipinski definition) is 3. The average Bonchev–Trinajstić information content (AvgIpc) is 2.97. The Labute approximate surface area is 240 Å². The van der Waals surface area contributed by atoms with E-state index in [0.717, 1.165) is 49.0 Å². The van der Waals surface area contributed by atoms with E-state index in [1.54, 1.807) is 23.1 Å². The van der Waals surface area contributed by atoms with Crippen LogP contribution in [0.25, 0.3) is 0 Å². The van der Waals surface area contributed by atoms with E-state index < -0.39 is 23.9 Å². The maximum Gasteiger partial charge on any atom is 0.246 e. The molecule has 2 aromatic rings. The maximum atomic E-state index is 13.6. The van der Waals surface area contributed by atoms with Crippen molar-refractivity contribution in [3.63, 3.8) is 0 Å². The summed E-state index contributed by atoms with van der Waals surface area (Å²) in [6.45, 7) is 3.75. The number of nitrogens with two attached hydrogens (primary N) is 1. The first-order valence-corrected chi connectivity index (χ1v) is 14.4. The van der Waals surface area contributed by atoms with E-state index >= 15 is 0 Å². The Kier molecular flexibility index (Phi) is 10.2. The second-order valence-corrected chi connectivity index (χ2v) is 11.0. The van der Waals surface area contributed by atoms with Crippen LogP contribution in [0.1, 0.15) is 55.2 Å². The standard InChI is InChI=1S/C30H38ClN5O4/c1-20-17-23(9-10-24(20)31)33-29(39)25(13-14-32)34-30(40)26-18-21-7-3-4-8-22(21)19-36(26)28(38)12-11-27(37)35-15-5-2-6-16-35/h3-4,7-10,17,25-26H,2,5-6,11-16,18-19,32H2,1H3,(H,33,39)(H,34,40)/t25?,26-/m0/s1. The van der Waals surface area contributed by atoms with Gasteiger partial charge in [0.25, 0.3) is 0 Å². The molecular weight excluding hydrogens is 530 g/mol. The molecule has 2 aromatic carbocycles. The molecule has 0 saturated carbocycles. The van der Waals surface area contributed by atoms with Crippen LogP contribution in [0, 0.1) is 6.92 Å². The summed E-state index contributed by atoms with van der Waals surface area (Å²) in [5, 5.41) is 6.25. The van der Waals surface area contributed by atoms with Gasteiger partial charge >= 0.3 is 0 Å². The highest BCUT2D eigenvalue weighted by Crippen LogP contribution is 2.25. The van der Waals surface area contributed by atoms with Crippen molar-refractivity contribution in [1.82, 2.24) is 15.1 Å². The SMILES string of the molecule is Cc1cc(NC(=O)C(CCN)NC(=O)[C@@H]2Cc3ccccc3CN2C(=O)CCC(=O)N2CCCCC2)ccc1Cl. The number of rotatable bonds is 9. The predicted molar refractivity (Wildman–Crippen MR) is 155 cm³/mol. The summed E-state index contributed by atoms with van der Waals surface area (Å²) in [7, 11) is 0. The van der Waals surface area contributed by atoms with Gasteiger partial charge in [0, 0.05) is 49.6 Å². The van der Waals surface area contributed by atoms with Crippen LogP contribution in [-0.4, -0.2) is 65.1 Å². The van der Waals surface area contributed by atoms with Gasteiger partial charge in [0.2, 0.25) is 23.6 Å². The highest BCUT2D eigenvalue weighted by atomic mass is 35.5. The summed E-state index contributed by atoms with van der Waals surface area (Å²) in [4.78, 5) is 56.2. The molecule has 0 aromatic heterocycles. The third kappa shape index (κ3) is 7.40. The Morgan fingerprint density at radius 3 is 2.40 bits per heavy atom. The molecule has 0 aliphatic carbocycles. The van der Waals surface area contributed by atoms with E-state index in [1.165, 1.54) is 0 Å². The van der Waals surface area contributed by atoms with Crippen LogP contribution in [0.15, 0.2) is 42.5 Å². The normalized spacial score (nSPS) is 17.5. The molecule has 4 rings (SSSR count). The topological polar surface area (TPSA) is 125 Å². The van der Waals surface area contributed by atoms with E-state index in [1.807, 2.05) is 36.1 Å². The van der Waals surface area contributed by atoms with E-state index in [-0.39, 0.29) is 44.2 Å². The summed E-state index contributed by atoms with van der Waals surface area (Å²) in [6.07, 6.45) is 3.79. The Morgan fingerprint density at radius 1 is 1.00 bits per heavy atom. The maximum absolute atomic E-state index is 13.6. The van der Waals surface area contributed by atoms with Crippen LogP contribution in [0.4, 0.5) is 5.69 Å². The minimum atomic E-state index is -0.886. The van der Waals surface area contributed by atoms with Crippen LogP contribution >= 0.6 is 11.6 Å². The fourth-order valence-corrected chi connectivity index (χ4v) is 5.45. The number of fused-ring (bicyclic) bond motifs is 1. The molecule has 1 unspecified atom stereocenters. The number of carbonyl (C=O) groups is 4. The first kappa shape index (κ1) is 29.6. The van der Waals surface area contributed by atoms with Crippen LogP contribution < -0.4 is 16.4 Å². The van der Waals surface area contributed by atoms with Crippen molar-refractivity contribution in [3.05, 3.63) is 64.2 Å². The third-order valence-electron chi connectivity index (χ3n) is 7.65. The van der Waals surface area contributed by atoms with Crippen LogP contribution in [0.5, 0.6) is 0 Å². The lowest BCUT2D eigenvalue weighted by molar-refractivity contribution is -0.144. The zero-order chi connectivity index (χ0) is 28.6. The number of anilines is 1. The van der Waals surface area contributed by atoms with Gasteiger partial charge in [-0.15, -0.1) is 0 Å². The second kappa shape index (κ2) is 13.8. The minimum absolute atomic E-state index is 0.0245. The average molecular weight is 568 g/mol. The van der Waals surface area contributed by atoms with Crippen LogP contribution in [0.3, 0.4) is 0 Å². The van der Waals surface area contributed by atoms with Gasteiger partial charge in [-0.1, -0.05) is 35.9 Å². The smallest absolute Gasteiger partial charge is 0.246 e. The third-order valence-corrected chi connectivity index (χ3v) is 8.07. The molecule has 2 atom stereocenters. The number of nitrogens with one attached hydrogen (secondary N) is 2. The number of nitrogens with zero attached hydrogens (tertiary/aromatic N) is 2. The Balaban J connectivity index is 1.46. The molecule has 1 saturated heterocycles. The number of halogens is 1. The lowest BCUT2D eigenvalue weighted by Gasteiger charge is -2.37. The number of carbonyl (C=O) groups excluding carboxylic acids is 4. The zero-order valence-corrected chi connectivity index (χ0v) is 23.7. The Hall–Kier alpha value is -3.43. The molecule has 4 amide bonds. The van der Waals surface area contributed by atoms with E-state index in [2.05, 4.69) is 10.6 Å². The Morgan fingerprint density at radius 2 is 1.70 bits per heavy atom. The van der Waals surface area contributed by atoms with E-state index in [9.17, 15) is 19.2 Å². The van der Waals surface area contributed by atoms with Crippen molar-refractivity contribution in [3.8, 4) is 0 Å². The predicted octanol–water partition coefficient (Wildman–Crippen LogP) is 3.17. The summed E-state index contributed by atoms with van der Waals surface area (Å²) in [6, 6.07) is 11.2. The number of amides is 4. The molecular formula is C30H38ClN5O4. The van der Waals surface area contributed by atoms with Crippen LogP contribution in [-0.2, 0) is 32.1 Å². The minimum Gasteiger partial charge on any atom is -0.343 e. The van der Waals surface area contributed by atoms with Gasteiger partial charge in [-0.05, 0) is 74.0 Å². The number of benzene rings is 2.